The average Bonchev–Trinajstić information content (AvgIpc) is 3.18. The fourth-order valence-corrected chi connectivity index (χ4v) is 5.20. The van der Waals surface area contributed by atoms with E-state index in [-0.39, 0.29) is 35.2 Å². The lowest BCUT2D eigenvalue weighted by atomic mass is 10.2. The van der Waals surface area contributed by atoms with Crippen molar-refractivity contribution >= 4 is 33.0 Å². The Bertz CT molecular complexity index is 932. The molecule has 1 saturated heterocycles. The zero-order chi connectivity index (χ0) is 19.4. The van der Waals surface area contributed by atoms with Gasteiger partial charge in [-0.25, -0.2) is 13.2 Å². The van der Waals surface area contributed by atoms with E-state index in [2.05, 4.69) is 0 Å². The number of non-ortho nitro benzene ring substituents is 1. The van der Waals surface area contributed by atoms with E-state index in [0.29, 0.717) is 18.8 Å². The molecule has 0 bridgehead atoms. The number of nitro groups is 1. The van der Waals surface area contributed by atoms with Gasteiger partial charge in [-0.3, -0.25) is 10.1 Å². The highest BCUT2D eigenvalue weighted by molar-refractivity contribution is 7.89. The molecule has 1 aromatic heterocycles. The highest BCUT2D eigenvalue weighted by Gasteiger charge is 2.31. The normalized spacial score (nSPS) is 15.4. The van der Waals surface area contributed by atoms with Crippen molar-refractivity contribution in [3.63, 3.8) is 0 Å². The lowest BCUT2D eigenvalue weighted by Crippen LogP contribution is -2.40. The Hall–Kier alpha value is -2.34. The fraction of sp³-hybridized carbons (Fsp3) is 0.312. The minimum atomic E-state index is -3.80. The van der Waals surface area contributed by atoms with Crippen molar-refractivity contribution in [2.45, 2.75) is 11.5 Å². The number of carbonyl (C=O) groups excluding carboxylic acids is 1. The summed E-state index contributed by atoms with van der Waals surface area (Å²) in [5.41, 5.74) is 0.491. The Morgan fingerprint density at radius 3 is 2.52 bits per heavy atom. The van der Waals surface area contributed by atoms with Gasteiger partial charge in [-0.15, -0.1) is 11.3 Å². The summed E-state index contributed by atoms with van der Waals surface area (Å²) in [6.07, 6.45) is 0. The molecule has 2 heterocycles. The number of benzene rings is 1. The van der Waals surface area contributed by atoms with Crippen molar-refractivity contribution in [2.24, 2.45) is 0 Å². The maximum atomic E-state index is 12.8. The Kier molecular flexibility index (Phi) is 5.85. The van der Waals surface area contributed by atoms with Crippen LogP contribution in [0, 0.1) is 10.1 Å². The maximum Gasteiger partial charge on any atom is 0.350 e. The predicted octanol–water partition coefficient (Wildman–Crippen LogP) is 2.03. The number of nitrogens with zero attached hydrogens (tertiary/aromatic N) is 2. The van der Waals surface area contributed by atoms with E-state index < -0.39 is 20.9 Å². The average molecular weight is 412 g/mol. The van der Waals surface area contributed by atoms with Crippen molar-refractivity contribution < 1.29 is 27.6 Å². The van der Waals surface area contributed by atoms with Gasteiger partial charge in [0.15, 0.2) is 0 Å². The first-order valence-electron chi connectivity index (χ1n) is 7.95. The summed E-state index contributed by atoms with van der Waals surface area (Å²) in [4.78, 5) is 22.4. The number of nitro benzene ring substituents is 1. The minimum absolute atomic E-state index is 0.00315. The van der Waals surface area contributed by atoms with Crippen LogP contribution in [0.1, 0.15) is 15.2 Å². The standard InChI is InChI=1S/C16H16N2O7S2/c19-16(25-11-12-1-3-13(4-2-12)18(20)21)15-14(5-10-26-15)27(22,23)17-6-8-24-9-7-17/h1-5,10H,6-9,11H2. The van der Waals surface area contributed by atoms with Gasteiger partial charge < -0.3 is 9.47 Å². The number of ether oxygens (including phenoxy) is 2. The number of thiophene rings is 1. The fourth-order valence-electron chi connectivity index (χ4n) is 2.50. The topological polar surface area (TPSA) is 116 Å². The SMILES string of the molecule is O=C(OCc1ccc([N+](=O)[O-])cc1)c1sccc1S(=O)(=O)N1CCOCC1. The van der Waals surface area contributed by atoms with Crippen LogP contribution in [0.4, 0.5) is 5.69 Å². The Balaban J connectivity index is 1.71. The van der Waals surface area contributed by atoms with Gasteiger partial charge in [0.25, 0.3) is 5.69 Å². The molecule has 3 rings (SSSR count). The summed E-state index contributed by atoms with van der Waals surface area (Å²) in [6, 6.07) is 6.96. The molecule has 0 amide bonds. The second-order valence-electron chi connectivity index (χ2n) is 5.63. The van der Waals surface area contributed by atoms with Crippen LogP contribution in [0.5, 0.6) is 0 Å². The highest BCUT2D eigenvalue weighted by atomic mass is 32.2. The van der Waals surface area contributed by atoms with Crippen molar-refractivity contribution in [2.75, 3.05) is 26.3 Å². The molecule has 1 fully saturated rings. The molecule has 1 aromatic carbocycles. The van der Waals surface area contributed by atoms with Crippen molar-refractivity contribution in [1.29, 1.82) is 0 Å². The first-order chi connectivity index (χ1) is 12.9. The second kappa shape index (κ2) is 8.13. The molecule has 1 aliphatic heterocycles. The van der Waals surface area contributed by atoms with E-state index in [1.807, 2.05) is 0 Å². The first-order valence-corrected chi connectivity index (χ1v) is 10.3. The summed E-state index contributed by atoms with van der Waals surface area (Å²) < 4.78 is 37.1. The number of hydrogen-bond acceptors (Lipinski definition) is 8. The third-order valence-electron chi connectivity index (χ3n) is 3.92. The summed E-state index contributed by atoms with van der Waals surface area (Å²) in [5.74, 6) is -0.754. The van der Waals surface area contributed by atoms with Crippen molar-refractivity contribution in [3.8, 4) is 0 Å². The van der Waals surface area contributed by atoms with Crippen LogP contribution in [0.25, 0.3) is 0 Å². The number of sulfonamides is 1. The van der Waals surface area contributed by atoms with Crippen LogP contribution in [0.3, 0.4) is 0 Å². The number of hydrogen-bond donors (Lipinski definition) is 0. The van der Waals surface area contributed by atoms with Crippen molar-refractivity contribution in [1.82, 2.24) is 4.31 Å². The summed E-state index contributed by atoms with van der Waals surface area (Å²) in [6.45, 7) is 0.962. The van der Waals surface area contributed by atoms with E-state index >= 15 is 0 Å². The minimum Gasteiger partial charge on any atom is -0.457 e. The molecule has 0 radical (unpaired) electrons. The number of morpholine rings is 1. The third-order valence-corrected chi connectivity index (χ3v) is 6.88. The largest absolute Gasteiger partial charge is 0.457 e. The Morgan fingerprint density at radius 2 is 1.89 bits per heavy atom. The van der Waals surface area contributed by atoms with E-state index in [1.165, 1.54) is 40.0 Å². The van der Waals surface area contributed by atoms with Crippen LogP contribution in [0.2, 0.25) is 0 Å². The van der Waals surface area contributed by atoms with Gasteiger partial charge in [0.05, 0.1) is 18.1 Å². The summed E-state index contributed by atoms with van der Waals surface area (Å²) in [5, 5.41) is 12.2. The van der Waals surface area contributed by atoms with Gasteiger partial charge in [0.1, 0.15) is 16.4 Å². The maximum absolute atomic E-state index is 12.8. The van der Waals surface area contributed by atoms with Gasteiger partial charge in [-0.05, 0) is 29.1 Å². The molecule has 0 atom stereocenters. The monoisotopic (exact) mass is 412 g/mol. The molecule has 27 heavy (non-hydrogen) atoms. The number of carbonyl (C=O) groups is 1. The molecule has 144 valence electrons. The first kappa shape index (κ1) is 19.4. The third kappa shape index (κ3) is 4.33. The molecule has 0 spiro atoms. The van der Waals surface area contributed by atoms with E-state index in [9.17, 15) is 23.3 Å². The molecule has 11 heteroatoms. The van der Waals surface area contributed by atoms with E-state index in [0.717, 1.165) is 11.3 Å². The second-order valence-corrected chi connectivity index (χ2v) is 8.45. The van der Waals surface area contributed by atoms with E-state index in [4.69, 9.17) is 9.47 Å². The Morgan fingerprint density at radius 1 is 1.22 bits per heavy atom. The zero-order valence-corrected chi connectivity index (χ0v) is 15.7. The molecule has 0 saturated carbocycles. The van der Waals surface area contributed by atoms with Gasteiger partial charge in [-0.1, -0.05) is 0 Å². The van der Waals surface area contributed by atoms with Crippen molar-refractivity contribution in [3.05, 3.63) is 56.3 Å². The van der Waals surface area contributed by atoms with Gasteiger partial charge in [0, 0.05) is 25.2 Å². The number of esters is 1. The molecule has 2 aromatic rings. The molecule has 9 nitrogen and oxygen atoms in total. The van der Waals surface area contributed by atoms with Crippen LogP contribution < -0.4 is 0 Å². The van der Waals surface area contributed by atoms with Crippen LogP contribution in [-0.2, 0) is 26.1 Å². The lowest BCUT2D eigenvalue weighted by molar-refractivity contribution is -0.384. The number of rotatable bonds is 6. The molecule has 1 aliphatic rings. The molecular formula is C16H16N2O7S2. The van der Waals surface area contributed by atoms with Gasteiger partial charge in [0.2, 0.25) is 10.0 Å². The van der Waals surface area contributed by atoms with Crippen LogP contribution in [-0.4, -0.2) is 49.9 Å². The molecule has 0 unspecified atom stereocenters. The quantitative estimate of drug-likeness (QED) is 0.405. The predicted molar refractivity (Wildman–Crippen MR) is 96.1 cm³/mol. The Labute approximate surface area is 159 Å². The van der Waals surface area contributed by atoms with Crippen LogP contribution >= 0.6 is 11.3 Å². The summed E-state index contributed by atoms with van der Waals surface area (Å²) in [7, 11) is -3.80. The van der Waals surface area contributed by atoms with E-state index in [1.54, 1.807) is 0 Å². The smallest absolute Gasteiger partial charge is 0.350 e. The summed E-state index contributed by atoms with van der Waals surface area (Å²) >= 11 is 0.989. The molecule has 0 N–H and O–H groups in total. The zero-order valence-electron chi connectivity index (χ0n) is 14.1. The van der Waals surface area contributed by atoms with Gasteiger partial charge in [-0.2, -0.15) is 4.31 Å². The molecule has 0 aliphatic carbocycles. The van der Waals surface area contributed by atoms with Gasteiger partial charge >= 0.3 is 5.97 Å². The highest BCUT2D eigenvalue weighted by Crippen LogP contribution is 2.27. The molecular weight excluding hydrogens is 396 g/mol. The lowest BCUT2D eigenvalue weighted by Gasteiger charge is -2.25. The van der Waals surface area contributed by atoms with Crippen LogP contribution in [0.15, 0.2) is 40.6 Å².